The highest BCUT2D eigenvalue weighted by atomic mass is 35.5. The number of ether oxygens (including phenoxy) is 1. The molecule has 0 aliphatic carbocycles. The first-order valence-corrected chi connectivity index (χ1v) is 15.0. The van der Waals surface area contributed by atoms with Gasteiger partial charge in [0, 0.05) is 59.9 Å². The highest BCUT2D eigenvalue weighted by Gasteiger charge is 2.35. The standard InChI is InChI=1S/C24H21ClFN5O2.C7H12FN/c1-33-24-29-22-17(23(30-24)31-10-13-5-6-14(11-31)28-13)9-27-21(20(22)26)16-8-15(32)7-12-3-2-4-18(25)19(12)16;8-6-4-7-2-1-3-9(7)5-6/h2-4,7-9,13-14,28,32H,5-6,10-11H2,1H3;6-7H,1-5H2. The Labute approximate surface area is 247 Å². The number of benzene rings is 2. The molecule has 4 unspecified atom stereocenters. The zero-order valence-corrected chi connectivity index (χ0v) is 24.1. The van der Waals surface area contributed by atoms with Crippen LogP contribution < -0.4 is 15.0 Å². The van der Waals surface area contributed by atoms with Crippen molar-refractivity contribution in [2.45, 2.75) is 56.4 Å². The lowest BCUT2D eigenvalue weighted by atomic mass is 10.00. The van der Waals surface area contributed by atoms with Gasteiger partial charge in [-0.25, -0.2) is 8.78 Å². The fourth-order valence-corrected chi connectivity index (χ4v) is 7.38. The van der Waals surface area contributed by atoms with Gasteiger partial charge in [0.2, 0.25) is 0 Å². The number of fused-ring (bicyclic) bond motifs is 5. The Kier molecular flexibility index (Phi) is 7.24. The maximum absolute atomic E-state index is 16.0. The predicted octanol–water partition coefficient (Wildman–Crippen LogP) is 5.48. The third-order valence-electron chi connectivity index (χ3n) is 8.97. The third-order valence-corrected chi connectivity index (χ3v) is 9.28. The van der Waals surface area contributed by atoms with E-state index in [2.05, 4.69) is 30.1 Å². The van der Waals surface area contributed by atoms with Crippen molar-refractivity contribution in [1.82, 2.24) is 25.2 Å². The van der Waals surface area contributed by atoms with E-state index in [4.69, 9.17) is 16.3 Å². The number of anilines is 1. The number of alkyl halides is 1. The van der Waals surface area contributed by atoms with E-state index >= 15 is 4.39 Å². The van der Waals surface area contributed by atoms with Crippen molar-refractivity contribution >= 4 is 39.1 Å². The van der Waals surface area contributed by atoms with Gasteiger partial charge >= 0.3 is 6.01 Å². The quantitative estimate of drug-likeness (QED) is 0.322. The molecule has 2 bridgehead atoms. The van der Waals surface area contributed by atoms with Crippen LogP contribution in [-0.4, -0.2) is 82.5 Å². The molecular formula is C31H33ClF2N6O2. The zero-order chi connectivity index (χ0) is 29.0. The average molecular weight is 595 g/mol. The molecule has 0 spiro atoms. The minimum Gasteiger partial charge on any atom is -0.508 e. The number of pyridine rings is 1. The summed E-state index contributed by atoms with van der Waals surface area (Å²) in [6.07, 6.45) is 6.64. The molecule has 6 heterocycles. The van der Waals surface area contributed by atoms with Crippen LogP contribution in [0.25, 0.3) is 32.9 Å². The lowest BCUT2D eigenvalue weighted by Gasteiger charge is -2.34. The molecule has 42 heavy (non-hydrogen) atoms. The maximum Gasteiger partial charge on any atom is 0.318 e. The molecule has 11 heteroatoms. The highest BCUT2D eigenvalue weighted by molar-refractivity contribution is 6.36. The van der Waals surface area contributed by atoms with E-state index in [1.165, 1.54) is 26.0 Å². The summed E-state index contributed by atoms with van der Waals surface area (Å²) >= 11 is 6.45. The summed E-state index contributed by atoms with van der Waals surface area (Å²) in [7, 11) is 1.47. The molecule has 4 aromatic rings. The minimum atomic E-state index is -0.612. The van der Waals surface area contributed by atoms with Crippen LogP contribution in [0.15, 0.2) is 36.5 Å². The fourth-order valence-electron chi connectivity index (χ4n) is 7.09. The number of hydrogen-bond donors (Lipinski definition) is 2. The van der Waals surface area contributed by atoms with Gasteiger partial charge in [0.1, 0.15) is 28.9 Å². The van der Waals surface area contributed by atoms with Crippen LogP contribution in [-0.2, 0) is 0 Å². The summed E-state index contributed by atoms with van der Waals surface area (Å²) in [6.45, 7) is 3.42. The number of halogens is 3. The van der Waals surface area contributed by atoms with E-state index in [1.807, 2.05) is 6.07 Å². The highest BCUT2D eigenvalue weighted by Crippen LogP contribution is 2.40. The number of methoxy groups -OCH3 is 1. The molecule has 2 N–H and O–H groups in total. The van der Waals surface area contributed by atoms with Crippen molar-refractivity contribution in [3.63, 3.8) is 0 Å². The van der Waals surface area contributed by atoms with Crippen LogP contribution in [0.2, 0.25) is 5.02 Å². The van der Waals surface area contributed by atoms with Gasteiger partial charge in [0.25, 0.3) is 0 Å². The summed E-state index contributed by atoms with van der Waals surface area (Å²) in [4.78, 5) is 17.8. The van der Waals surface area contributed by atoms with Crippen LogP contribution in [0.4, 0.5) is 14.6 Å². The van der Waals surface area contributed by atoms with Crippen molar-refractivity contribution in [1.29, 1.82) is 0 Å². The summed E-state index contributed by atoms with van der Waals surface area (Å²) in [5.41, 5.74) is 0.578. The van der Waals surface area contributed by atoms with Crippen molar-refractivity contribution in [2.24, 2.45) is 0 Å². The molecule has 4 aliphatic rings. The lowest BCUT2D eigenvalue weighted by Crippen LogP contribution is -2.51. The summed E-state index contributed by atoms with van der Waals surface area (Å²) in [5, 5.41) is 16.1. The van der Waals surface area contributed by atoms with Crippen LogP contribution in [0.3, 0.4) is 0 Å². The molecule has 8 nitrogen and oxygen atoms in total. The number of aromatic nitrogens is 3. The van der Waals surface area contributed by atoms with E-state index in [9.17, 15) is 9.50 Å². The van der Waals surface area contributed by atoms with Gasteiger partial charge in [-0.05, 0) is 62.2 Å². The number of aromatic hydroxyl groups is 1. The first-order valence-electron chi connectivity index (χ1n) is 14.6. The first-order chi connectivity index (χ1) is 20.4. The second-order valence-electron chi connectivity index (χ2n) is 11.7. The molecule has 220 valence electrons. The molecule has 0 saturated carbocycles. The molecule has 4 aliphatic heterocycles. The zero-order valence-electron chi connectivity index (χ0n) is 23.4. The van der Waals surface area contributed by atoms with Gasteiger partial charge in [-0.1, -0.05) is 23.7 Å². The molecule has 0 radical (unpaired) electrons. The van der Waals surface area contributed by atoms with Gasteiger partial charge in [-0.3, -0.25) is 9.88 Å². The number of nitrogens with one attached hydrogen (secondary N) is 1. The molecule has 8 rings (SSSR count). The Morgan fingerprint density at radius 2 is 1.90 bits per heavy atom. The number of hydrogen-bond acceptors (Lipinski definition) is 8. The van der Waals surface area contributed by atoms with E-state index in [0.29, 0.717) is 57.2 Å². The van der Waals surface area contributed by atoms with Crippen molar-refractivity contribution in [3.05, 3.63) is 47.4 Å². The summed E-state index contributed by atoms with van der Waals surface area (Å²) < 4.78 is 33.9. The third kappa shape index (κ3) is 4.99. The topological polar surface area (TPSA) is 86.6 Å². The molecule has 2 aromatic carbocycles. The number of rotatable bonds is 3. The Hall–Kier alpha value is -3.34. The molecule has 0 amide bonds. The maximum atomic E-state index is 16.0. The number of nitrogens with zero attached hydrogens (tertiary/aromatic N) is 5. The van der Waals surface area contributed by atoms with Gasteiger partial charge in [0.05, 0.1) is 12.5 Å². The van der Waals surface area contributed by atoms with Crippen LogP contribution in [0, 0.1) is 5.82 Å². The molecule has 4 fully saturated rings. The normalized spacial score (nSPS) is 25.1. The number of phenols is 1. The monoisotopic (exact) mass is 594 g/mol. The summed E-state index contributed by atoms with van der Waals surface area (Å²) in [5.74, 6) is 0.00434. The van der Waals surface area contributed by atoms with Crippen LogP contribution in [0.1, 0.15) is 32.1 Å². The second-order valence-corrected chi connectivity index (χ2v) is 12.1. The van der Waals surface area contributed by atoms with Crippen LogP contribution in [0.5, 0.6) is 11.8 Å². The van der Waals surface area contributed by atoms with E-state index in [-0.39, 0.29) is 23.0 Å². The number of piperazine rings is 1. The Morgan fingerprint density at radius 1 is 1.10 bits per heavy atom. The average Bonchev–Trinajstić information content (AvgIpc) is 3.66. The van der Waals surface area contributed by atoms with Gasteiger partial charge in [0.15, 0.2) is 5.82 Å². The second kappa shape index (κ2) is 11.1. The van der Waals surface area contributed by atoms with Gasteiger partial charge in [-0.2, -0.15) is 9.97 Å². The SMILES string of the molecule is COc1nc(N2CC3CCC(C2)N3)c2cnc(-c3cc(O)cc4cccc(Cl)c34)c(F)c2n1.FC1CC2CCCN2C1. The van der Waals surface area contributed by atoms with E-state index < -0.39 is 12.0 Å². The first kappa shape index (κ1) is 27.5. The minimum absolute atomic E-state index is 0.00156. The van der Waals surface area contributed by atoms with Crippen molar-refractivity contribution in [2.75, 3.05) is 38.2 Å². The van der Waals surface area contributed by atoms with Crippen molar-refractivity contribution < 1.29 is 18.6 Å². The Bertz CT molecular complexity index is 1630. The Morgan fingerprint density at radius 3 is 2.67 bits per heavy atom. The Balaban J connectivity index is 0.000000272. The van der Waals surface area contributed by atoms with Gasteiger partial charge < -0.3 is 20.1 Å². The predicted molar refractivity (Wildman–Crippen MR) is 160 cm³/mol. The van der Waals surface area contributed by atoms with Gasteiger partial charge in [-0.15, -0.1) is 0 Å². The summed E-state index contributed by atoms with van der Waals surface area (Å²) in [6, 6.07) is 9.86. The van der Waals surface area contributed by atoms with E-state index in [0.717, 1.165) is 38.9 Å². The smallest absolute Gasteiger partial charge is 0.318 e. The van der Waals surface area contributed by atoms with Crippen molar-refractivity contribution in [3.8, 4) is 23.0 Å². The largest absolute Gasteiger partial charge is 0.508 e. The number of phenolic OH excluding ortho intramolecular Hbond substituents is 1. The molecule has 4 atom stereocenters. The fraction of sp³-hybridized carbons (Fsp3) is 0.452. The lowest BCUT2D eigenvalue weighted by molar-refractivity contribution is 0.292. The molecule has 4 saturated heterocycles. The molecule has 2 aromatic heterocycles. The van der Waals surface area contributed by atoms with Crippen LogP contribution >= 0.6 is 11.6 Å². The van der Waals surface area contributed by atoms with E-state index in [1.54, 1.807) is 24.4 Å². The molecular weight excluding hydrogens is 562 g/mol.